The van der Waals surface area contributed by atoms with Gasteiger partial charge < -0.3 is 18.5 Å². The first-order valence-corrected chi connectivity index (χ1v) is 7.21. The van der Waals surface area contributed by atoms with E-state index in [1.807, 2.05) is 6.92 Å². The fraction of sp³-hybridized carbons (Fsp3) is 1.00. The minimum Gasteiger partial charge on any atom is -0.381 e. The van der Waals surface area contributed by atoms with E-state index in [0.29, 0.717) is 19.8 Å². The Balaban J connectivity index is 4.07. The summed E-state index contributed by atoms with van der Waals surface area (Å²) in [5.74, 6) is 0.184. The van der Waals surface area contributed by atoms with E-state index < -0.39 is 8.25 Å². The lowest BCUT2D eigenvalue weighted by Gasteiger charge is -2.21. The highest BCUT2D eigenvalue weighted by Gasteiger charge is 2.16. The monoisotopic (exact) mass is 268 g/mol. The van der Waals surface area contributed by atoms with E-state index in [0.717, 1.165) is 12.8 Å². The Morgan fingerprint density at radius 3 is 2.35 bits per heavy atom. The molecule has 0 aromatic heterocycles. The molecular weight excluding hydrogens is 243 g/mol. The summed E-state index contributed by atoms with van der Waals surface area (Å²) in [6.45, 7) is 5.66. The van der Waals surface area contributed by atoms with Gasteiger partial charge in [0.15, 0.2) is 0 Å². The van der Waals surface area contributed by atoms with Gasteiger partial charge in [0, 0.05) is 26.7 Å². The molecule has 0 N–H and O–H groups in total. The minimum absolute atomic E-state index is 0.184. The molecule has 3 atom stereocenters. The van der Waals surface area contributed by atoms with E-state index in [4.69, 9.17) is 14.0 Å². The van der Waals surface area contributed by atoms with E-state index in [2.05, 4.69) is 11.4 Å². The molecular formula is C11H25O5P. The third-order valence-electron chi connectivity index (χ3n) is 2.55. The quantitative estimate of drug-likeness (QED) is 0.539. The normalized spacial score (nSPS) is 16.7. The second-order valence-corrected chi connectivity index (χ2v) is 4.99. The Labute approximate surface area is 105 Å². The Morgan fingerprint density at radius 1 is 1.18 bits per heavy atom. The topological polar surface area (TPSA) is 54.0 Å². The van der Waals surface area contributed by atoms with Crippen molar-refractivity contribution >= 4 is 8.25 Å². The van der Waals surface area contributed by atoms with Crippen LogP contribution in [0.5, 0.6) is 0 Å². The lowest BCUT2D eigenvalue weighted by Crippen LogP contribution is -2.22. The number of rotatable bonds is 11. The summed E-state index contributed by atoms with van der Waals surface area (Å²) in [4.78, 5) is 0. The van der Waals surface area contributed by atoms with Crippen molar-refractivity contribution in [1.29, 1.82) is 0 Å². The summed E-state index contributed by atoms with van der Waals surface area (Å²) in [5, 5.41) is 0. The maximum absolute atomic E-state index is 11.1. The molecule has 0 radical (unpaired) electrons. The van der Waals surface area contributed by atoms with Gasteiger partial charge in [-0.15, -0.1) is 0 Å². The summed E-state index contributed by atoms with van der Waals surface area (Å²) in [5.41, 5.74) is 0. The second kappa shape index (κ2) is 11.2. The first kappa shape index (κ1) is 17.1. The lowest BCUT2D eigenvalue weighted by atomic mass is 10.0. The van der Waals surface area contributed by atoms with Gasteiger partial charge in [-0.25, -0.2) is 0 Å². The van der Waals surface area contributed by atoms with Gasteiger partial charge in [0.1, 0.15) is 0 Å². The Kier molecular flexibility index (Phi) is 11.2. The van der Waals surface area contributed by atoms with Gasteiger partial charge in [-0.1, -0.05) is 6.92 Å². The summed E-state index contributed by atoms with van der Waals surface area (Å²) < 4.78 is 31.5. The molecule has 0 aliphatic carbocycles. The highest BCUT2D eigenvalue weighted by Crippen LogP contribution is 2.24. The molecule has 0 aliphatic rings. The maximum Gasteiger partial charge on any atom is 0.318 e. The number of ether oxygens (including phenoxy) is 2. The Bertz CT molecular complexity index is 196. The van der Waals surface area contributed by atoms with Crippen molar-refractivity contribution in [3.05, 3.63) is 0 Å². The molecule has 0 aromatic carbocycles. The van der Waals surface area contributed by atoms with Crippen molar-refractivity contribution in [2.24, 2.45) is 5.92 Å². The molecule has 0 aromatic rings. The highest BCUT2D eigenvalue weighted by atomic mass is 31.1. The molecule has 0 saturated carbocycles. The molecule has 5 nitrogen and oxygen atoms in total. The standard InChI is InChI=1S/C11H25O5P/c1-5-11(13-3)7-10(8-15-6-2)9-16-17(12)14-4/h10-11,17H,5-9H2,1-4H3/t10?,11-/m1/s1. The van der Waals surface area contributed by atoms with Crippen LogP contribution in [-0.2, 0) is 23.1 Å². The van der Waals surface area contributed by atoms with E-state index in [-0.39, 0.29) is 12.0 Å². The fourth-order valence-electron chi connectivity index (χ4n) is 1.51. The molecule has 0 spiro atoms. The fourth-order valence-corrected chi connectivity index (χ4v) is 2.00. The molecule has 0 heterocycles. The van der Waals surface area contributed by atoms with Crippen LogP contribution in [0.3, 0.4) is 0 Å². The van der Waals surface area contributed by atoms with Gasteiger partial charge in [-0.2, -0.15) is 0 Å². The summed E-state index contributed by atoms with van der Waals surface area (Å²) >= 11 is 0. The van der Waals surface area contributed by atoms with Crippen molar-refractivity contribution in [1.82, 2.24) is 0 Å². The Morgan fingerprint density at radius 2 is 1.88 bits per heavy atom. The van der Waals surface area contributed by atoms with Crippen LogP contribution >= 0.6 is 8.25 Å². The van der Waals surface area contributed by atoms with Crippen molar-refractivity contribution in [2.45, 2.75) is 32.8 Å². The number of methoxy groups -OCH3 is 1. The van der Waals surface area contributed by atoms with Crippen LogP contribution in [0.15, 0.2) is 0 Å². The molecule has 0 rings (SSSR count). The molecule has 0 bridgehead atoms. The number of hydrogen-bond acceptors (Lipinski definition) is 5. The van der Waals surface area contributed by atoms with Crippen LogP contribution in [0.2, 0.25) is 0 Å². The van der Waals surface area contributed by atoms with Crippen LogP contribution in [0.4, 0.5) is 0 Å². The zero-order valence-corrected chi connectivity index (χ0v) is 12.2. The molecule has 0 fully saturated rings. The smallest absolute Gasteiger partial charge is 0.318 e. The van der Waals surface area contributed by atoms with Crippen LogP contribution < -0.4 is 0 Å². The SMILES string of the molecule is CCOCC(CO[PH](=O)OC)C[C@@H](CC)OC. The first-order chi connectivity index (χ1) is 8.17. The van der Waals surface area contributed by atoms with Gasteiger partial charge in [0.05, 0.1) is 19.3 Å². The molecule has 0 saturated heterocycles. The van der Waals surface area contributed by atoms with Gasteiger partial charge in [0.25, 0.3) is 0 Å². The van der Waals surface area contributed by atoms with Crippen molar-refractivity contribution < 1.29 is 23.1 Å². The minimum atomic E-state index is -2.34. The van der Waals surface area contributed by atoms with E-state index in [1.54, 1.807) is 7.11 Å². The van der Waals surface area contributed by atoms with Crippen molar-refractivity contribution in [3.63, 3.8) is 0 Å². The van der Waals surface area contributed by atoms with Crippen LogP contribution in [-0.4, -0.2) is 40.1 Å². The van der Waals surface area contributed by atoms with Crippen molar-refractivity contribution in [3.8, 4) is 0 Å². The van der Waals surface area contributed by atoms with Gasteiger partial charge in [0.2, 0.25) is 0 Å². The molecule has 2 unspecified atom stereocenters. The summed E-state index contributed by atoms with van der Waals surface area (Å²) in [7, 11) is 0.734. The van der Waals surface area contributed by atoms with E-state index in [1.165, 1.54) is 7.11 Å². The first-order valence-electron chi connectivity index (χ1n) is 5.99. The summed E-state index contributed by atoms with van der Waals surface area (Å²) in [6, 6.07) is 0. The average Bonchev–Trinajstić information content (AvgIpc) is 2.37. The maximum atomic E-state index is 11.1. The van der Waals surface area contributed by atoms with Gasteiger partial charge >= 0.3 is 8.25 Å². The zero-order chi connectivity index (χ0) is 13.1. The van der Waals surface area contributed by atoms with Crippen LogP contribution in [0.25, 0.3) is 0 Å². The molecule has 17 heavy (non-hydrogen) atoms. The molecule has 104 valence electrons. The van der Waals surface area contributed by atoms with Gasteiger partial charge in [-0.05, 0) is 19.8 Å². The average molecular weight is 268 g/mol. The zero-order valence-electron chi connectivity index (χ0n) is 11.2. The lowest BCUT2D eigenvalue weighted by molar-refractivity contribution is 0.0307. The van der Waals surface area contributed by atoms with E-state index in [9.17, 15) is 4.57 Å². The molecule has 6 heteroatoms. The predicted octanol–water partition coefficient (Wildman–Crippen LogP) is 2.51. The summed E-state index contributed by atoms with van der Waals surface area (Å²) in [6.07, 6.45) is 1.97. The third-order valence-corrected chi connectivity index (χ3v) is 3.28. The Hall–Kier alpha value is 0.0700. The molecule has 0 aliphatic heterocycles. The van der Waals surface area contributed by atoms with Gasteiger partial charge in [-0.3, -0.25) is 4.57 Å². The van der Waals surface area contributed by atoms with Crippen LogP contribution in [0, 0.1) is 5.92 Å². The molecule has 0 amide bonds. The highest BCUT2D eigenvalue weighted by molar-refractivity contribution is 7.33. The van der Waals surface area contributed by atoms with E-state index >= 15 is 0 Å². The number of hydrogen-bond donors (Lipinski definition) is 0. The predicted molar refractivity (Wildman–Crippen MR) is 67.7 cm³/mol. The van der Waals surface area contributed by atoms with Crippen LogP contribution in [0.1, 0.15) is 26.7 Å². The second-order valence-electron chi connectivity index (χ2n) is 3.79. The third kappa shape index (κ3) is 8.75. The van der Waals surface area contributed by atoms with Crippen molar-refractivity contribution in [2.75, 3.05) is 34.0 Å². The largest absolute Gasteiger partial charge is 0.381 e.